The fourth-order valence-electron chi connectivity index (χ4n) is 3.84. The summed E-state index contributed by atoms with van der Waals surface area (Å²) in [5.74, 6) is -1.42. The molecule has 1 aromatic heterocycles. The normalized spacial score (nSPS) is 26.0. The van der Waals surface area contributed by atoms with Crippen LogP contribution in [0.15, 0.2) is 24.4 Å². The molecule has 0 unspecified atom stereocenters. The number of fused-ring (bicyclic) bond motifs is 1. The summed E-state index contributed by atoms with van der Waals surface area (Å²) in [5.41, 5.74) is 6.40. The number of imidazole rings is 1. The van der Waals surface area contributed by atoms with Crippen LogP contribution in [0.4, 0.5) is 8.78 Å². The van der Waals surface area contributed by atoms with Crippen LogP contribution in [0.3, 0.4) is 0 Å². The summed E-state index contributed by atoms with van der Waals surface area (Å²) in [4.78, 5) is 17.4. The molecule has 27 heavy (non-hydrogen) atoms. The van der Waals surface area contributed by atoms with E-state index < -0.39 is 29.7 Å². The lowest BCUT2D eigenvalue weighted by Crippen LogP contribution is -2.51. The van der Waals surface area contributed by atoms with Gasteiger partial charge in [-0.3, -0.25) is 4.90 Å². The van der Waals surface area contributed by atoms with E-state index in [0.717, 1.165) is 18.2 Å². The molecular weight excluding hydrogens is 358 g/mol. The van der Waals surface area contributed by atoms with Crippen molar-refractivity contribution >= 4 is 5.97 Å². The van der Waals surface area contributed by atoms with Crippen molar-refractivity contribution in [2.75, 3.05) is 13.2 Å². The Kier molecular flexibility index (Phi) is 4.67. The lowest BCUT2D eigenvalue weighted by atomic mass is 9.93. The average Bonchev–Trinajstić information content (AvgIpc) is 3.07. The van der Waals surface area contributed by atoms with Gasteiger partial charge in [-0.1, -0.05) is 0 Å². The van der Waals surface area contributed by atoms with Gasteiger partial charge in [0.1, 0.15) is 23.6 Å². The molecule has 144 valence electrons. The van der Waals surface area contributed by atoms with Crippen molar-refractivity contribution in [3.8, 4) is 0 Å². The first-order chi connectivity index (χ1) is 12.9. The van der Waals surface area contributed by atoms with Crippen LogP contribution in [0.1, 0.15) is 34.4 Å². The Bertz CT molecular complexity index is 872. The molecule has 1 saturated heterocycles. The predicted molar refractivity (Wildman–Crippen MR) is 91.0 cm³/mol. The number of hydrogen-bond acceptors (Lipinski definition) is 5. The number of carboxylic acid groups (broad SMARTS) is 1. The van der Waals surface area contributed by atoms with Crippen LogP contribution in [-0.2, 0) is 17.8 Å². The van der Waals surface area contributed by atoms with E-state index in [1.54, 1.807) is 6.20 Å². The highest BCUT2D eigenvalue weighted by atomic mass is 19.1. The molecule has 1 aromatic carbocycles. The summed E-state index contributed by atoms with van der Waals surface area (Å²) in [6.07, 6.45) is 1.41. The summed E-state index contributed by atoms with van der Waals surface area (Å²) < 4.78 is 35.2. The van der Waals surface area contributed by atoms with Crippen LogP contribution in [0.25, 0.3) is 0 Å². The van der Waals surface area contributed by atoms with Crippen molar-refractivity contribution in [1.82, 2.24) is 14.5 Å². The number of hydrogen-bond donors (Lipinski definition) is 2. The zero-order valence-electron chi connectivity index (χ0n) is 14.5. The number of benzene rings is 1. The summed E-state index contributed by atoms with van der Waals surface area (Å²) in [5, 5.41) is 9.08. The van der Waals surface area contributed by atoms with Crippen LogP contribution in [-0.4, -0.2) is 50.8 Å². The van der Waals surface area contributed by atoms with E-state index in [1.165, 1.54) is 0 Å². The van der Waals surface area contributed by atoms with Gasteiger partial charge in [-0.25, -0.2) is 18.6 Å². The van der Waals surface area contributed by atoms with Crippen LogP contribution >= 0.6 is 0 Å². The first-order valence-corrected chi connectivity index (χ1v) is 8.78. The van der Waals surface area contributed by atoms with E-state index in [9.17, 15) is 13.6 Å². The van der Waals surface area contributed by atoms with Gasteiger partial charge in [-0.2, -0.15) is 0 Å². The molecule has 4 rings (SSSR count). The largest absolute Gasteiger partial charge is 0.476 e. The second-order valence-corrected chi connectivity index (χ2v) is 6.98. The van der Waals surface area contributed by atoms with E-state index in [4.69, 9.17) is 15.6 Å². The summed E-state index contributed by atoms with van der Waals surface area (Å²) in [7, 11) is 0. The summed E-state index contributed by atoms with van der Waals surface area (Å²) >= 11 is 0. The minimum atomic E-state index is -1.05. The molecule has 2 aliphatic rings. The van der Waals surface area contributed by atoms with Crippen molar-refractivity contribution in [1.29, 1.82) is 0 Å². The van der Waals surface area contributed by atoms with E-state index in [-0.39, 0.29) is 17.3 Å². The maximum Gasteiger partial charge on any atom is 0.356 e. The number of carboxylic acids is 1. The predicted octanol–water partition coefficient (Wildman–Crippen LogP) is 1.53. The van der Waals surface area contributed by atoms with Crippen LogP contribution in [0, 0.1) is 11.6 Å². The van der Waals surface area contributed by atoms with Crippen molar-refractivity contribution in [3.63, 3.8) is 0 Å². The van der Waals surface area contributed by atoms with E-state index in [2.05, 4.69) is 9.88 Å². The van der Waals surface area contributed by atoms with Crippen molar-refractivity contribution in [2.45, 2.75) is 37.7 Å². The Labute approximate surface area is 154 Å². The highest BCUT2D eigenvalue weighted by Crippen LogP contribution is 2.32. The monoisotopic (exact) mass is 378 g/mol. The maximum atomic E-state index is 14.0. The van der Waals surface area contributed by atoms with Gasteiger partial charge in [0.05, 0.1) is 13.2 Å². The Morgan fingerprint density at radius 2 is 2.15 bits per heavy atom. The van der Waals surface area contributed by atoms with Crippen LogP contribution < -0.4 is 5.73 Å². The fraction of sp³-hybridized carbons (Fsp3) is 0.444. The van der Waals surface area contributed by atoms with Gasteiger partial charge in [-0.15, -0.1) is 0 Å². The fourth-order valence-corrected chi connectivity index (χ4v) is 3.84. The number of aromatic nitrogens is 2. The Morgan fingerprint density at radius 3 is 2.89 bits per heavy atom. The van der Waals surface area contributed by atoms with Crippen molar-refractivity contribution < 1.29 is 23.4 Å². The molecule has 9 heteroatoms. The molecule has 0 aliphatic carbocycles. The summed E-state index contributed by atoms with van der Waals surface area (Å²) in [6, 6.07) is 2.81. The average molecular weight is 378 g/mol. The molecule has 0 amide bonds. The Morgan fingerprint density at radius 1 is 1.33 bits per heavy atom. The minimum Gasteiger partial charge on any atom is -0.476 e. The number of halogens is 2. The van der Waals surface area contributed by atoms with Crippen LogP contribution in [0.5, 0.6) is 0 Å². The number of rotatable bonds is 3. The molecule has 0 radical (unpaired) electrons. The highest BCUT2D eigenvalue weighted by molar-refractivity contribution is 5.85. The molecule has 0 saturated carbocycles. The van der Waals surface area contributed by atoms with Gasteiger partial charge >= 0.3 is 5.97 Å². The Hall–Kier alpha value is -2.36. The zero-order valence-corrected chi connectivity index (χ0v) is 14.5. The second-order valence-electron chi connectivity index (χ2n) is 6.98. The zero-order chi connectivity index (χ0) is 19.1. The van der Waals surface area contributed by atoms with Crippen molar-refractivity contribution in [2.24, 2.45) is 5.73 Å². The molecule has 0 bridgehead atoms. The van der Waals surface area contributed by atoms with Gasteiger partial charge in [-0.05, 0) is 24.6 Å². The lowest BCUT2D eigenvalue weighted by Gasteiger charge is -2.41. The number of ether oxygens (including phenoxy) is 1. The molecule has 2 aliphatic heterocycles. The Balaban J connectivity index is 1.45. The molecule has 3 atom stereocenters. The molecule has 2 aromatic rings. The molecule has 7 nitrogen and oxygen atoms in total. The third-order valence-electron chi connectivity index (χ3n) is 5.23. The van der Waals surface area contributed by atoms with Crippen molar-refractivity contribution in [3.05, 3.63) is 53.1 Å². The quantitative estimate of drug-likeness (QED) is 0.841. The van der Waals surface area contributed by atoms with E-state index in [1.807, 2.05) is 4.57 Å². The van der Waals surface area contributed by atoms with E-state index in [0.29, 0.717) is 38.5 Å². The molecule has 3 heterocycles. The SMILES string of the molecule is N[C@H]1C[C@@H](N2CCn3cc(C(=O)O)nc3C2)CO[C@@H]1c1cc(F)ccc1F. The maximum absolute atomic E-state index is 14.0. The first-order valence-electron chi connectivity index (χ1n) is 8.78. The molecule has 0 spiro atoms. The summed E-state index contributed by atoms with van der Waals surface area (Å²) in [6.45, 7) is 2.17. The van der Waals surface area contributed by atoms with Crippen LogP contribution in [0.2, 0.25) is 0 Å². The first kappa shape index (κ1) is 18.0. The third-order valence-corrected chi connectivity index (χ3v) is 5.23. The van der Waals surface area contributed by atoms with Gasteiger partial charge in [0.25, 0.3) is 0 Å². The van der Waals surface area contributed by atoms with E-state index >= 15 is 0 Å². The number of carbonyl (C=O) groups is 1. The second kappa shape index (κ2) is 6.99. The number of aromatic carboxylic acids is 1. The lowest BCUT2D eigenvalue weighted by molar-refractivity contribution is -0.0574. The van der Waals surface area contributed by atoms with Gasteiger partial charge < -0.3 is 20.1 Å². The topological polar surface area (TPSA) is 93.6 Å². The standard InChI is InChI=1S/C18H20F2N4O3/c19-10-1-2-13(20)12(5-10)17-14(21)6-11(9-27-17)23-3-4-24-7-15(18(25)26)22-16(24)8-23/h1-2,5,7,11,14,17H,3-4,6,8-9,21H2,(H,25,26)/t11-,14+,17-/m1/s1. The highest BCUT2D eigenvalue weighted by Gasteiger charge is 2.36. The molecule has 3 N–H and O–H groups in total. The number of nitrogens with zero attached hydrogens (tertiary/aromatic N) is 3. The van der Waals surface area contributed by atoms with Gasteiger partial charge in [0.2, 0.25) is 0 Å². The van der Waals surface area contributed by atoms with Gasteiger partial charge in [0, 0.05) is 36.9 Å². The molecular formula is C18H20F2N4O3. The smallest absolute Gasteiger partial charge is 0.356 e. The minimum absolute atomic E-state index is 0.00611. The van der Waals surface area contributed by atoms with Gasteiger partial charge in [0.15, 0.2) is 5.69 Å². The molecule has 1 fully saturated rings. The third kappa shape index (κ3) is 3.45. The number of nitrogens with two attached hydrogens (primary N) is 1.